The molecule has 0 bridgehead atoms. The predicted octanol–water partition coefficient (Wildman–Crippen LogP) is 0.203. The van der Waals surface area contributed by atoms with Crippen molar-refractivity contribution in [2.45, 2.75) is 38.1 Å². The van der Waals surface area contributed by atoms with Crippen molar-refractivity contribution in [2.24, 2.45) is 10.8 Å². The summed E-state index contributed by atoms with van der Waals surface area (Å²) in [5.74, 6) is 7.80. The van der Waals surface area contributed by atoms with E-state index in [2.05, 4.69) is 10.3 Å². The quantitative estimate of drug-likeness (QED) is 0.305. The van der Waals surface area contributed by atoms with Crippen LogP contribution in [0, 0.1) is 0 Å². The summed E-state index contributed by atoms with van der Waals surface area (Å²) >= 11 is 0. The lowest BCUT2D eigenvalue weighted by Crippen LogP contribution is -2.50. The van der Waals surface area contributed by atoms with Crippen LogP contribution in [0.3, 0.4) is 0 Å². The van der Waals surface area contributed by atoms with Gasteiger partial charge in [0.2, 0.25) is 5.96 Å². The highest BCUT2D eigenvalue weighted by molar-refractivity contribution is 7.85. The van der Waals surface area contributed by atoms with Crippen molar-refractivity contribution in [1.82, 2.24) is 10.3 Å². The van der Waals surface area contributed by atoms with Crippen LogP contribution in [0.15, 0.2) is 4.99 Å². The fourth-order valence-corrected chi connectivity index (χ4v) is 3.50. The molecule has 0 aromatic carbocycles. The second-order valence-electron chi connectivity index (χ2n) is 4.72. The molecular formula is C11H22N4OS. The highest BCUT2D eigenvalue weighted by Gasteiger charge is 2.20. The SMILES string of the molecule is NNC(=NC1CCCCC1)N1CCS(=O)CC1. The van der Waals surface area contributed by atoms with E-state index in [0.29, 0.717) is 6.04 Å². The molecule has 1 aliphatic carbocycles. The molecule has 0 unspecified atom stereocenters. The number of rotatable bonds is 1. The molecule has 0 amide bonds. The zero-order valence-electron chi connectivity index (χ0n) is 10.2. The Morgan fingerprint density at radius 1 is 1.24 bits per heavy atom. The Morgan fingerprint density at radius 3 is 2.47 bits per heavy atom. The van der Waals surface area contributed by atoms with Crippen LogP contribution in [0.4, 0.5) is 0 Å². The Kier molecular flexibility index (Phi) is 4.79. The van der Waals surface area contributed by atoms with Crippen LogP contribution in [0.2, 0.25) is 0 Å². The zero-order valence-corrected chi connectivity index (χ0v) is 11.0. The van der Waals surface area contributed by atoms with Gasteiger partial charge in [0.25, 0.3) is 0 Å². The van der Waals surface area contributed by atoms with Crippen molar-refractivity contribution in [3.63, 3.8) is 0 Å². The Hall–Kier alpha value is -0.620. The maximum atomic E-state index is 11.3. The molecule has 2 rings (SSSR count). The summed E-state index contributed by atoms with van der Waals surface area (Å²) in [6.45, 7) is 1.59. The van der Waals surface area contributed by atoms with E-state index in [1.807, 2.05) is 0 Å². The van der Waals surface area contributed by atoms with Gasteiger partial charge in [-0.15, -0.1) is 0 Å². The molecule has 2 fully saturated rings. The van der Waals surface area contributed by atoms with E-state index in [1.165, 1.54) is 32.1 Å². The number of nitrogens with two attached hydrogens (primary N) is 1. The van der Waals surface area contributed by atoms with Crippen LogP contribution in [0.5, 0.6) is 0 Å². The summed E-state index contributed by atoms with van der Waals surface area (Å²) in [5.41, 5.74) is 2.71. The number of nitrogens with one attached hydrogen (secondary N) is 1. The molecule has 0 aromatic rings. The third kappa shape index (κ3) is 3.67. The molecule has 0 spiro atoms. The molecule has 0 aromatic heterocycles. The second-order valence-corrected chi connectivity index (χ2v) is 6.42. The maximum Gasteiger partial charge on any atom is 0.208 e. The first-order chi connectivity index (χ1) is 8.29. The van der Waals surface area contributed by atoms with Gasteiger partial charge in [0, 0.05) is 35.4 Å². The minimum Gasteiger partial charge on any atom is -0.340 e. The highest BCUT2D eigenvalue weighted by Crippen LogP contribution is 2.20. The molecule has 1 heterocycles. The standard InChI is InChI=1S/C11H22N4OS/c12-14-11(13-10-4-2-1-3-5-10)15-6-8-17(16)9-7-15/h10H,1-9,12H2,(H,13,14). The van der Waals surface area contributed by atoms with Gasteiger partial charge in [-0.05, 0) is 12.8 Å². The highest BCUT2D eigenvalue weighted by atomic mass is 32.2. The average Bonchev–Trinajstić information content (AvgIpc) is 2.38. The summed E-state index contributed by atoms with van der Waals surface area (Å²) in [6, 6.07) is 0.419. The molecule has 1 aliphatic heterocycles. The Morgan fingerprint density at radius 2 is 1.88 bits per heavy atom. The number of guanidine groups is 1. The van der Waals surface area contributed by atoms with Crippen molar-refractivity contribution in [3.05, 3.63) is 0 Å². The van der Waals surface area contributed by atoms with E-state index in [-0.39, 0.29) is 0 Å². The van der Waals surface area contributed by atoms with Crippen LogP contribution in [0.1, 0.15) is 32.1 Å². The first-order valence-electron chi connectivity index (χ1n) is 6.44. The van der Waals surface area contributed by atoms with Gasteiger partial charge in [-0.2, -0.15) is 0 Å². The lowest BCUT2D eigenvalue weighted by molar-refractivity contribution is 0.409. The van der Waals surface area contributed by atoms with E-state index < -0.39 is 10.8 Å². The number of aliphatic imine (C=N–C) groups is 1. The minimum atomic E-state index is -0.651. The van der Waals surface area contributed by atoms with Crippen LogP contribution in [-0.4, -0.2) is 45.7 Å². The third-order valence-electron chi connectivity index (χ3n) is 3.49. The fraction of sp³-hybridized carbons (Fsp3) is 0.909. The summed E-state index contributed by atoms with van der Waals surface area (Å²) in [5, 5.41) is 0. The molecule has 6 heteroatoms. The molecule has 1 saturated heterocycles. The number of hydrogen-bond donors (Lipinski definition) is 2. The van der Waals surface area contributed by atoms with Crippen molar-refractivity contribution in [3.8, 4) is 0 Å². The smallest absolute Gasteiger partial charge is 0.208 e. The minimum absolute atomic E-state index is 0.419. The number of hydrogen-bond acceptors (Lipinski definition) is 3. The summed E-state index contributed by atoms with van der Waals surface area (Å²) in [4.78, 5) is 6.83. The van der Waals surface area contributed by atoms with Gasteiger partial charge in [0.05, 0.1) is 6.04 Å². The molecule has 0 atom stereocenters. The van der Waals surface area contributed by atoms with Gasteiger partial charge in [-0.1, -0.05) is 19.3 Å². The van der Waals surface area contributed by atoms with Gasteiger partial charge >= 0.3 is 0 Å². The van der Waals surface area contributed by atoms with E-state index in [1.54, 1.807) is 0 Å². The monoisotopic (exact) mass is 258 g/mol. The predicted molar refractivity (Wildman–Crippen MR) is 71.1 cm³/mol. The molecule has 2 aliphatic rings. The van der Waals surface area contributed by atoms with Crippen LogP contribution in [-0.2, 0) is 10.8 Å². The fourth-order valence-electron chi connectivity index (χ4n) is 2.44. The van der Waals surface area contributed by atoms with E-state index in [4.69, 9.17) is 10.8 Å². The van der Waals surface area contributed by atoms with E-state index >= 15 is 0 Å². The number of hydrazine groups is 1. The molecular weight excluding hydrogens is 236 g/mol. The molecule has 5 nitrogen and oxygen atoms in total. The lowest BCUT2D eigenvalue weighted by Gasteiger charge is -2.30. The summed E-state index contributed by atoms with van der Waals surface area (Å²) in [6.07, 6.45) is 6.22. The summed E-state index contributed by atoms with van der Waals surface area (Å²) in [7, 11) is -0.651. The molecule has 17 heavy (non-hydrogen) atoms. The normalized spacial score (nSPS) is 25.0. The van der Waals surface area contributed by atoms with Gasteiger partial charge in [-0.3, -0.25) is 9.63 Å². The maximum absolute atomic E-state index is 11.3. The van der Waals surface area contributed by atoms with Crippen molar-refractivity contribution in [1.29, 1.82) is 0 Å². The van der Waals surface area contributed by atoms with Gasteiger partial charge in [0.1, 0.15) is 0 Å². The molecule has 1 saturated carbocycles. The molecule has 0 radical (unpaired) electrons. The van der Waals surface area contributed by atoms with E-state index in [9.17, 15) is 4.21 Å². The van der Waals surface area contributed by atoms with Crippen LogP contribution < -0.4 is 11.3 Å². The molecule has 3 N–H and O–H groups in total. The average molecular weight is 258 g/mol. The second kappa shape index (κ2) is 6.35. The third-order valence-corrected chi connectivity index (χ3v) is 4.76. The van der Waals surface area contributed by atoms with E-state index in [0.717, 1.165) is 30.6 Å². The summed E-state index contributed by atoms with van der Waals surface area (Å²) < 4.78 is 11.3. The van der Waals surface area contributed by atoms with Gasteiger partial charge in [-0.25, -0.2) is 10.8 Å². The van der Waals surface area contributed by atoms with Gasteiger partial charge < -0.3 is 4.90 Å². The molecule has 98 valence electrons. The van der Waals surface area contributed by atoms with Crippen molar-refractivity contribution in [2.75, 3.05) is 24.6 Å². The topological polar surface area (TPSA) is 70.7 Å². The largest absolute Gasteiger partial charge is 0.340 e. The first kappa shape index (κ1) is 12.8. The van der Waals surface area contributed by atoms with Crippen molar-refractivity contribution >= 4 is 16.8 Å². The van der Waals surface area contributed by atoms with Crippen LogP contribution in [0.25, 0.3) is 0 Å². The lowest BCUT2D eigenvalue weighted by atomic mass is 9.96. The number of nitrogens with zero attached hydrogens (tertiary/aromatic N) is 2. The van der Waals surface area contributed by atoms with Crippen LogP contribution >= 0.6 is 0 Å². The Labute approximate surface area is 105 Å². The van der Waals surface area contributed by atoms with Gasteiger partial charge in [0.15, 0.2) is 0 Å². The zero-order chi connectivity index (χ0) is 12.1. The Balaban J connectivity index is 1.94. The van der Waals surface area contributed by atoms with Crippen molar-refractivity contribution < 1.29 is 4.21 Å². The Bertz CT molecular complexity index is 292. The first-order valence-corrected chi connectivity index (χ1v) is 7.93.